The van der Waals surface area contributed by atoms with Crippen molar-refractivity contribution < 1.29 is 18.7 Å². The van der Waals surface area contributed by atoms with Gasteiger partial charge in [0.15, 0.2) is 5.11 Å². The standard InChI is InChI=1S/C25H25N3O4S/c1-30-24(29)17-7-4-6-16(14-17)20-10-11-21(32-20)23-22(19-9-2-3-12-26-19)27-25(33)28(23)15-18-8-5-13-31-18/h2-4,6-7,9-12,14,18,22-23H,5,8,13,15H2,1H3,(H,27,33)/t18-,22-,23-/m0/s1. The Morgan fingerprint density at radius 3 is 2.91 bits per heavy atom. The number of esters is 1. The van der Waals surface area contributed by atoms with Crippen LogP contribution in [0, 0.1) is 0 Å². The van der Waals surface area contributed by atoms with E-state index in [1.54, 1.807) is 18.3 Å². The molecule has 170 valence electrons. The van der Waals surface area contributed by atoms with Crippen molar-refractivity contribution in [3.05, 3.63) is 77.8 Å². The van der Waals surface area contributed by atoms with Crippen LogP contribution in [0.5, 0.6) is 0 Å². The number of nitrogens with zero attached hydrogens (tertiary/aromatic N) is 2. The van der Waals surface area contributed by atoms with Crippen LogP contribution in [-0.2, 0) is 9.47 Å². The Balaban J connectivity index is 1.49. The zero-order valence-corrected chi connectivity index (χ0v) is 19.1. The molecule has 0 aliphatic carbocycles. The van der Waals surface area contributed by atoms with Crippen molar-refractivity contribution in [3.63, 3.8) is 0 Å². The second-order valence-corrected chi connectivity index (χ2v) is 8.58. The lowest BCUT2D eigenvalue weighted by Gasteiger charge is -2.28. The van der Waals surface area contributed by atoms with Gasteiger partial charge in [0, 0.05) is 24.9 Å². The molecular formula is C25H25N3O4S. The number of pyridine rings is 1. The molecule has 4 heterocycles. The molecule has 0 bridgehead atoms. The number of hydrogen-bond acceptors (Lipinski definition) is 6. The molecule has 0 saturated carbocycles. The van der Waals surface area contributed by atoms with Gasteiger partial charge in [0.2, 0.25) is 0 Å². The van der Waals surface area contributed by atoms with Crippen LogP contribution in [0.1, 0.15) is 46.7 Å². The van der Waals surface area contributed by atoms with Crippen molar-refractivity contribution in [2.75, 3.05) is 20.3 Å². The summed E-state index contributed by atoms with van der Waals surface area (Å²) >= 11 is 5.73. The lowest BCUT2D eigenvalue weighted by Crippen LogP contribution is -2.36. The van der Waals surface area contributed by atoms with E-state index in [0.29, 0.717) is 23.0 Å². The zero-order chi connectivity index (χ0) is 22.8. The Morgan fingerprint density at radius 1 is 1.24 bits per heavy atom. The fourth-order valence-electron chi connectivity index (χ4n) is 4.50. The smallest absolute Gasteiger partial charge is 0.337 e. The molecule has 2 aromatic heterocycles. The molecule has 1 N–H and O–H groups in total. The van der Waals surface area contributed by atoms with Gasteiger partial charge in [-0.3, -0.25) is 4.98 Å². The number of furan rings is 1. The summed E-state index contributed by atoms with van der Waals surface area (Å²) < 4.78 is 17.1. The van der Waals surface area contributed by atoms with Crippen molar-refractivity contribution in [3.8, 4) is 11.3 Å². The van der Waals surface area contributed by atoms with E-state index < -0.39 is 0 Å². The maximum absolute atomic E-state index is 12.0. The number of hydrogen-bond donors (Lipinski definition) is 1. The molecule has 2 fully saturated rings. The summed E-state index contributed by atoms with van der Waals surface area (Å²) in [6.45, 7) is 1.47. The third-order valence-corrected chi connectivity index (χ3v) is 6.46. The number of rotatable bonds is 6. The first-order chi connectivity index (χ1) is 16.1. The lowest BCUT2D eigenvalue weighted by atomic mass is 10.0. The predicted molar refractivity (Wildman–Crippen MR) is 127 cm³/mol. The van der Waals surface area contributed by atoms with Crippen molar-refractivity contribution >= 4 is 23.3 Å². The van der Waals surface area contributed by atoms with Gasteiger partial charge >= 0.3 is 5.97 Å². The molecule has 2 aliphatic heterocycles. The monoisotopic (exact) mass is 463 g/mol. The third kappa shape index (κ3) is 4.36. The molecule has 7 nitrogen and oxygen atoms in total. The molecule has 0 unspecified atom stereocenters. The number of carbonyl (C=O) groups is 1. The quantitative estimate of drug-likeness (QED) is 0.429. The number of thiocarbonyl (C=S) groups is 1. The van der Waals surface area contributed by atoms with Crippen LogP contribution in [0.3, 0.4) is 0 Å². The van der Waals surface area contributed by atoms with Gasteiger partial charge in [-0.05, 0) is 61.5 Å². The van der Waals surface area contributed by atoms with Crippen molar-refractivity contribution in [1.29, 1.82) is 0 Å². The minimum atomic E-state index is -0.382. The van der Waals surface area contributed by atoms with Crippen molar-refractivity contribution in [1.82, 2.24) is 15.2 Å². The highest BCUT2D eigenvalue weighted by Crippen LogP contribution is 2.41. The summed E-state index contributed by atoms with van der Waals surface area (Å²) in [5.74, 6) is 1.06. The lowest BCUT2D eigenvalue weighted by molar-refractivity contribution is 0.0600. The molecule has 0 radical (unpaired) electrons. The van der Waals surface area contributed by atoms with Gasteiger partial charge in [-0.1, -0.05) is 18.2 Å². The third-order valence-electron chi connectivity index (χ3n) is 6.11. The van der Waals surface area contributed by atoms with E-state index >= 15 is 0 Å². The molecule has 5 rings (SSSR count). The highest BCUT2D eigenvalue weighted by atomic mass is 32.1. The predicted octanol–water partition coefficient (Wildman–Crippen LogP) is 4.28. The maximum atomic E-state index is 12.0. The number of benzene rings is 1. The molecule has 2 aliphatic rings. The van der Waals surface area contributed by atoms with Gasteiger partial charge in [-0.2, -0.15) is 0 Å². The second kappa shape index (κ2) is 9.33. The largest absolute Gasteiger partial charge is 0.465 e. The fraction of sp³-hybridized carbons (Fsp3) is 0.320. The SMILES string of the molecule is COC(=O)c1cccc(-c2ccc([C@H]3[C@H](c4ccccn4)NC(=S)N3C[C@@H]3CCCO3)o2)c1. The number of methoxy groups -OCH3 is 1. The number of ether oxygens (including phenoxy) is 2. The summed E-state index contributed by atoms with van der Waals surface area (Å²) in [5, 5.41) is 4.11. The van der Waals surface area contributed by atoms with Crippen LogP contribution in [0.4, 0.5) is 0 Å². The van der Waals surface area contributed by atoms with E-state index in [9.17, 15) is 4.79 Å². The molecule has 33 heavy (non-hydrogen) atoms. The topological polar surface area (TPSA) is 76.8 Å². The first-order valence-electron chi connectivity index (χ1n) is 11.0. The van der Waals surface area contributed by atoms with Crippen LogP contribution in [-0.4, -0.2) is 47.3 Å². The highest BCUT2D eigenvalue weighted by molar-refractivity contribution is 7.80. The van der Waals surface area contributed by atoms with Gasteiger partial charge in [0.05, 0.1) is 30.5 Å². The van der Waals surface area contributed by atoms with Crippen LogP contribution in [0.15, 0.2) is 65.2 Å². The van der Waals surface area contributed by atoms with E-state index in [2.05, 4.69) is 15.2 Å². The Kier molecular flexibility index (Phi) is 6.11. The van der Waals surface area contributed by atoms with Gasteiger partial charge in [-0.25, -0.2) is 4.79 Å². The minimum Gasteiger partial charge on any atom is -0.465 e. The zero-order valence-electron chi connectivity index (χ0n) is 18.3. The average Bonchev–Trinajstić information content (AvgIpc) is 3.61. The summed E-state index contributed by atoms with van der Waals surface area (Å²) in [6, 6.07) is 16.6. The first kappa shape index (κ1) is 21.6. The van der Waals surface area contributed by atoms with E-state index in [1.165, 1.54) is 7.11 Å². The molecule has 3 atom stereocenters. The van der Waals surface area contributed by atoms with E-state index in [1.807, 2.05) is 42.5 Å². The molecule has 8 heteroatoms. The van der Waals surface area contributed by atoms with Crippen LogP contribution in [0.25, 0.3) is 11.3 Å². The summed E-state index contributed by atoms with van der Waals surface area (Å²) in [4.78, 5) is 18.7. The second-order valence-electron chi connectivity index (χ2n) is 8.19. The molecule has 3 aromatic rings. The molecule has 0 amide bonds. The van der Waals surface area contributed by atoms with Gasteiger partial charge in [0.25, 0.3) is 0 Å². The number of aromatic nitrogens is 1. The van der Waals surface area contributed by atoms with Crippen LogP contribution in [0.2, 0.25) is 0 Å². The number of carbonyl (C=O) groups excluding carboxylic acids is 1. The van der Waals surface area contributed by atoms with Crippen LogP contribution < -0.4 is 5.32 Å². The Hall–Kier alpha value is -3.23. The van der Waals surface area contributed by atoms with Gasteiger partial charge < -0.3 is 24.1 Å². The molecule has 0 spiro atoms. The van der Waals surface area contributed by atoms with Crippen molar-refractivity contribution in [2.24, 2.45) is 0 Å². The summed E-state index contributed by atoms with van der Waals surface area (Å²) in [5.41, 5.74) is 2.17. The van der Waals surface area contributed by atoms with E-state index in [0.717, 1.165) is 36.5 Å². The normalized spacial score (nSPS) is 22.4. The van der Waals surface area contributed by atoms with E-state index in [4.69, 9.17) is 26.1 Å². The molecular weight excluding hydrogens is 438 g/mol. The van der Waals surface area contributed by atoms with Crippen molar-refractivity contribution in [2.45, 2.75) is 31.0 Å². The fourth-order valence-corrected chi connectivity index (χ4v) is 4.82. The summed E-state index contributed by atoms with van der Waals surface area (Å²) in [6.07, 6.45) is 4.00. The highest BCUT2D eigenvalue weighted by Gasteiger charge is 2.42. The summed E-state index contributed by atoms with van der Waals surface area (Å²) in [7, 11) is 1.37. The Labute approximate surface area is 197 Å². The van der Waals surface area contributed by atoms with Gasteiger partial charge in [-0.15, -0.1) is 0 Å². The van der Waals surface area contributed by atoms with Gasteiger partial charge in [0.1, 0.15) is 17.6 Å². The first-order valence-corrected chi connectivity index (χ1v) is 11.4. The Bertz CT molecular complexity index is 1140. The molecule has 1 aromatic carbocycles. The minimum absolute atomic E-state index is 0.140. The Morgan fingerprint density at radius 2 is 2.15 bits per heavy atom. The maximum Gasteiger partial charge on any atom is 0.337 e. The number of nitrogens with one attached hydrogen (secondary N) is 1. The average molecular weight is 464 g/mol. The van der Waals surface area contributed by atoms with E-state index in [-0.39, 0.29) is 24.2 Å². The molecule has 2 saturated heterocycles. The van der Waals surface area contributed by atoms with Crippen LogP contribution >= 0.6 is 12.2 Å².